The lowest BCUT2D eigenvalue weighted by atomic mass is 9.94. The van der Waals surface area contributed by atoms with Gasteiger partial charge in [0, 0.05) is 11.3 Å². The highest BCUT2D eigenvalue weighted by atomic mass is 32.2. The fraction of sp³-hybridized carbons (Fsp3) is 0.304. The first-order chi connectivity index (χ1) is 16.1. The minimum atomic E-state index is -4.07. The Kier molecular flexibility index (Phi) is 7.45. The predicted molar refractivity (Wildman–Crippen MR) is 121 cm³/mol. The van der Waals surface area contributed by atoms with Crippen LogP contribution in [0.4, 0.5) is 9.18 Å². The number of ether oxygens (including phenoxy) is 3. The molecule has 0 saturated heterocycles. The topological polar surface area (TPSA) is 120 Å². The molecule has 34 heavy (non-hydrogen) atoms. The maximum atomic E-state index is 13.7. The van der Waals surface area contributed by atoms with Crippen LogP contribution in [0.3, 0.4) is 0 Å². The molecule has 2 N–H and O–H groups in total. The molecular weight excluding hydrogens is 467 g/mol. The smallest absolute Gasteiger partial charge is 0.338 e. The summed E-state index contributed by atoms with van der Waals surface area (Å²) >= 11 is 0. The van der Waals surface area contributed by atoms with Crippen LogP contribution in [0.25, 0.3) is 0 Å². The standard InChI is InChI=1S/C23H25FN2O7S/c1-5-33-22(27)20-18(12-34(29,30)15-7-8-17(24)13(2)10-15)25-23(28)26-21(20)16-11-14(31-3)6-9-19(16)32-4/h6-11,21H,5,12H2,1-4H3,(H2,25,26,28)/t21-/m0/s1. The summed E-state index contributed by atoms with van der Waals surface area (Å²) in [5.41, 5.74) is 0.260. The lowest BCUT2D eigenvalue weighted by molar-refractivity contribution is -0.139. The van der Waals surface area contributed by atoms with Crippen molar-refractivity contribution in [1.29, 1.82) is 0 Å². The van der Waals surface area contributed by atoms with Crippen LogP contribution >= 0.6 is 0 Å². The van der Waals surface area contributed by atoms with Crippen LogP contribution in [0.1, 0.15) is 24.1 Å². The van der Waals surface area contributed by atoms with E-state index in [0.717, 1.165) is 12.1 Å². The number of esters is 1. The van der Waals surface area contributed by atoms with E-state index in [1.54, 1.807) is 25.1 Å². The van der Waals surface area contributed by atoms with Gasteiger partial charge >= 0.3 is 12.0 Å². The summed E-state index contributed by atoms with van der Waals surface area (Å²) in [6.07, 6.45) is 0. The summed E-state index contributed by atoms with van der Waals surface area (Å²) in [6.45, 7) is 3.07. The number of carbonyl (C=O) groups is 2. The monoisotopic (exact) mass is 492 g/mol. The highest BCUT2D eigenvalue weighted by Crippen LogP contribution is 2.36. The number of hydrogen-bond donors (Lipinski definition) is 2. The molecule has 1 heterocycles. The first kappa shape index (κ1) is 25.0. The molecule has 1 aliphatic rings. The van der Waals surface area contributed by atoms with Crippen LogP contribution in [-0.4, -0.2) is 47.0 Å². The van der Waals surface area contributed by atoms with Crippen LogP contribution < -0.4 is 20.1 Å². The third-order valence-corrected chi connectivity index (χ3v) is 6.86. The number of amides is 2. The van der Waals surface area contributed by atoms with E-state index in [-0.39, 0.29) is 28.3 Å². The Morgan fingerprint density at radius 3 is 2.47 bits per heavy atom. The molecule has 182 valence electrons. The first-order valence-corrected chi connectivity index (χ1v) is 11.9. The van der Waals surface area contributed by atoms with Gasteiger partial charge in [0.2, 0.25) is 0 Å². The fourth-order valence-electron chi connectivity index (χ4n) is 3.56. The van der Waals surface area contributed by atoms with Gasteiger partial charge in [0.1, 0.15) is 17.3 Å². The van der Waals surface area contributed by atoms with Crippen molar-refractivity contribution in [3.05, 3.63) is 64.6 Å². The zero-order valence-corrected chi connectivity index (χ0v) is 19.9. The van der Waals surface area contributed by atoms with E-state index in [9.17, 15) is 22.4 Å². The van der Waals surface area contributed by atoms with Gasteiger partial charge < -0.3 is 24.8 Å². The molecule has 9 nitrogen and oxygen atoms in total. The number of carbonyl (C=O) groups excluding carboxylic acids is 2. The molecule has 3 rings (SSSR count). The number of halogens is 1. The Bertz CT molecular complexity index is 1260. The number of nitrogens with one attached hydrogen (secondary N) is 2. The van der Waals surface area contributed by atoms with E-state index < -0.39 is 39.4 Å². The third kappa shape index (κ3) is 5.14. The van der Waals surface area contributed by atoms with Crippen molar-refractivity contribution >= 4 is 21.8 Å². The van der Waals surface area contributed by atoms with Crippen molar-refractivity contribution in [2.75, 3.05) is 26.6 Å². The van der Waals surface area contributed by atoms with Gasteiger partial charge in [-0.25, -0.2) is 22.4 Å². The molecule has 2 amide bonds. The molecule has 0 radical (unpaired) electrons. The van der Waals surface area contributed by atoms with Crippen LogP contribution in [0.2, 0.25) is 0 Å². The molecule has 0 unspecified atom stereocenters. The first-order valence-electron chi connectivity index (χ1n) is 10.3. The molecule has 2 aromatic rings. The fourth-order valence-corrected chi connectivity index (χ4v) is 4.97. The second-order valence-corrected chi connectivity index (χ2v) is 9.41. The SMILES string of the molecule is CCOC(=O)C1=C(CS(=O)(=O)c2ccc(F)c(C)c2)NC(=O)N[C@H]1c1cc(OC)ccc1OC. The van der Waals surface area contributed by atoms with Gasteiger partial charge in [-0.15, -0.1) is 0 Å². The van der Waals surface area contributed by atoms with Crippen molar-refractivity contribution in [3.63, 3.8) is 0 Å². The number of methoxy groups -OCH3 is 2. The second-order valence-electron chi connectivity index (χ2n) is 7.42. The number of benzene rings is 2. The molecule has 1 atom stereocenters. The van der Waals surface area contributed by atoms with Crippen molar-refractivity contribution in [2.45, 2.75) is 24.8 Å². The molecular formula is C23H25FN2O7S. The minimum Gasteiger partial charge on any atom is -0.497 e. The number of rotatable bonds is 8. The normalized spacial score (nSPS) is 15.9. The van der Waals surface area contributed by atoms with E-state index in [1.807, 2.05) is 0 Å². The largest absolute Gasteiger partial charge is 0.497 e. The van der Waals surface area contributed by atoms with Crippen LogP contribution in [0, 0.1) is 12.7 Å². The number of sulfone groups is 1. The van der Waals surface area contributed by atoms with Crippen molar-refractivity contribution in [1.82, 2.24) is 10.6 Å². The Morgan fingerprint density at radius 2 is 1.85 bits per heavy atom. The van der Waals surface area contributed by atoms with Gasteiger partial charge in [0.25, 0.3) is 0 Å². The van der Waals surface area contributed by atoms with Crippen LogP contribution in [0.5, 0.6) is 11.5 Å². The summed E-state index contributed by atoms with van der Waals surface area (Å²) in [6, 6.07) is 6.39. The summed E-state index contributed by atoms with van der Waals surface area (Å²) in [5.74, 6) is -1.31. The van der Waals surface area contributed by atoms with E-state index in [4.69, 9.17) is 14.2 Å². The van der Waals surface area contributed by atoms with E-state index in [2.05, 4.69) is 10.6 Å². The number of hydrogen-bond acceptors (Lipinski definition) is 7. The highest BCUT2D eigenvalue weighted by Gasteiger charge is 2.37. The number of aryl methyl sites for hydroxylation is 1. The third-order valence-electron chi connectivity index (χ3n) is 5.22. The molecule has 0 bridgehead atoms. The molecule has 0 aliphatic carbocycles. The van der Waals surface area contributed by atoms with Gasteiger partial charge in [-0.05, 0) is 55.8 Å². The molecule has 0 spiro atoms. The Hall–Kier alpha value is -3.60. The van der Waals surface area contributed by atoms with E-state index in [0.29, 0.717) is 17.1 Å². The van der Waals surface area contributed by atoms with Gasteiger partial charge in [0.15, 0.2) is 9.84 Å². The quantitative estimate of drug-likeness (QED) is 0.429. The molecule has 1 aliphatic heterocycles. The maximum absolute atomic E-state index is 13.7. The van der Waals surface area contributed by atoms with Crippen LogP contribution in [0.15, 0.2) is 52.6 Å². The summed E-state index contributed by atoms with van der Waals surface area (Å²) in [4.78, 5) is 25.4. The second kappa shape index (κ2) is 10.1. The van der Waals surface area contributed by atoms with Crippen molar-refractivity contribution in [2.24, 2.45) is 0 Å². The predicted octanol–water partition coefficient (Wildman–Crippen LogP) is 2.80. The summed E-state index contributed by atoms with van der Waals surface area (Å²) in [7, 11) is -1.19. The van der Waals surface area contributed by atoms with Gasteiger partial charge in [-0.2, -0.15) is 0 Å². The average molecular weight is 493 g/mol. The van der Waals surface area contributed by atoms with Gasteiger partial charge in [-0.1, -0.05) is 0 Å². The summed E-state index contributed by atoms with van der Waals surface area (Å²) < 4.78 is 55.8. The minimum absolute atomic E-state index is 0.0232. The van der Waals surface area contributed by atoms with E-state index in [1.165, 1.54) is 27.2 Å². The molecule has 2 aromatic carbocycles. The Balaban J connectivity index is 2.17. The average Bonchev–Trinajstić information content (AvgIpc) is 2.79. The van der Waals surface area contributed by atoms with Crippen molar-refractivity contribution < 1.29 is 36.6 Å². The summed E-state index contributed by atoms with van der Waals surface area (Å²) in [5, 5.41) is 5.06. The lowest BCUT2D eigenvalue weighted by Gasteiger charge is -2.30. The zero-order valence-electron chi connectivity index (χ0n) is 19.1. The maximum Gasteiger partial charge on any atom is 0.338 e. The number of urea groups is 1. The van der Waals surface area contributed by atoms with Crippen LogP contribution in [-0.2, 0) is 19.4 Å². The Labute approximate surface area is 196 Å². The lowest BCUT2D eigenvalue weighted by Crippen LogP contribution is -2.47. The van der Waals surface area contributed by atoms with E-state index >= 15 is 0 Å². The Morgan fingerprint density at radius 1 is 1.12 bits per heavy atom. The molecule has 0 fully saturated rings. The highest BCUT2D eigenvalue weighted by molar-refractivity contribution is 7.91. The van der Waals surface area contributed by atoms with Gasteiger partial charge in [0.05, 0.1) is 43.1 Å². The van der Waals surface area contributed by atoms with Gasteiger partial charge in [-0.3, -0.25) is 0 Å². The molecule has 0 saturated carbocycles. The zero-order chi connectivity index (χ0) is 25.0. The molecule has 0 aromatic heterocycles. The molecule has 11 heteroatoms. The van der Waals surface area contributed by atoms with Crippen molar-refractivity contribution in [3.8, 4) is 11.5 Å².